The average molecular weight is 416 g/mol. The van der Waals surface area contributed by atoms with Crippen LogP contribution in [0.25, 0.3) is 22.2 Å². The number of rotatable bonds is 4. The predicted molar refractivity (Wildman–Crippen MR) is 104 cm³/mol. The van der Waals surface area contributed by atoms with Gasteiger partial charge in [-0.3, -0.25) is 9.59 Å². The lowest BCUT2D eigenvalue weighted by molar-refractivity contribution is 0.0950. The second kappa shape index (κ2) is 7.49. The Morgan fingerprint density at radius 1 is 1.21 bits per heavy atom. The van der Waals surface area contributed by atoms with Gasteiger partial charge in [0.25, 0.3) is 5.91 Å². The molecule has 2 heterocycles. The van der Waals surface area contributed by atoms with Crippen molar-refractivity contribution in [2.24, 2.45) is 0 Å². The zero-order valence-corrected chi connectivity index (χ0v) is 15.7. The van der Waals surface area contributed by atoms with Crippen LogP contribution >= 0.6 is 22.9 Å². The van der Waals surface area contributed by atoms with Crippen LogP contribution in [0.2, 0.25) is 5.02 Å². The molecule has 28 heavy (non-hydrogen) atoms. The molecule has 0 bridgehead atoms. The van der Waals surface area contributed by atoms with E-state index in [0.717, 1.165) is 11.3 Å². The van der Waals surface area contributed by atoms with Gasteiger partial charge < -0.3 is 9.84 Å². The first-order chi connectivity index (χ1) is 13.5. The van der Waals surface area contributed by atoms with E-state index in [1.165, 1.54) is 18.2 Å². The molecule has 0 aliphatic rings. The van der Waals surface area contributed by atoms with E-state index in [2.05, 4.69) is 15.5 Å². The molecule has 6 nitrogen and oxygen atoms in total. The van der Waals surface area contributed by atoms with Crippen molar-refractivity contribution in [3.8, 4) is 11.4 Å². The van der Waals surface area contributed by atoms with Gasteiger partial charge in [-0.15, -0.1) is 0 Å². The Hall–Kier alpha value is -3.10. The van der Waals surface area contributed by atoms with Crippen LogP contribution in [0, 0.1) is 5.82 Å². The minimum absolute atomic E-state index is 0.0114. The Morgan fingerprint density at radius 3 is 2.86 bits per heavy atom. The van der Waals surface area contributed by atoms with Gasteiger partial charge in [0.1, 0.15) is 5.82 Å². The summed E-state index contributed by atoms with van der Waals surface area (Å²) in [4.78, 5) is 28.9. The number of carbonyl (C=O) groups excluding carboxylic acids is 1. The Balaban J connectivity index is 1.52. The maximum atomic E-state index is 13.9. The maximum Gasteiger partial charge on any atom is 0.261 e. The van der Waals surface area contributed by atoms with E-state index < -0.39 is 11.7 Å². The van der Waals surface area contributed by atoms with Crippen molar-refractivity contribution in [3.05, 3.63) is 79.7 Å². The molecule has 0 unspecified atom stereocenters. The highest BCUT2D eigenvalue weighted by molar-refractivity contribution is 7.12. The van der Waals surface area contributed by atoms with Crippen LogP contribution < -0.4 is 10.1 Å². The molecule has 2 aromatic carbocycles. The minimum atomic E-state index is -0.579. The van der Waals surface area contributed by atoms with Gasteiger partial charge in [0.2, 0.25) is 16.5 Å². The number of halogens is 2. The normalized spacial score (nSPS) is 10.9. The van der Waals surface area contributed by atoms with E-state index >= 15 is 0 Å². The van der Waals surface area contributed by atoms with Crippen LogP contribution in [0.5, 0.6) is 0 Å². The fourth-order valence-corrected chi connectivity index (χ4v) is 3.72. The highest BCUT2D eigenvalue weighted by Crippen LogP contribution is 2.28. The summed E-state index contributed by atoms with van der Waals surface area (Å²) in [5, 5.41) is 7.71. The fraction of sp³-hybridized carbons (Fsp3) is 0.0526. The molecule has 9 heteroatoms. The molecule has 0 aliphatic heterocycles. The molecule has 4 rings (SSSR count). The monoisotopic (exact) mass is 415 g/mol. The van der Waals surface area contributed by atoms with Gasteiger partial charge in [0, 0.05) is 5.39 Å². The summed E-state index contributed by atoms with van der Waals surface area (Å²) < 4.78 is 18.8. The Morgan fingerprint density at radius 2 is 2.04 bits per heavy atom. The molecule has 1 amide bonds. The molecule has 0 spiro atoms. The van der Waals surface area contributed by atoms with Crippen molar-refractivity contribution in [1.82, 2.24) is 15.5 Å². The smallest absolute Gasteiger partial charge is 0.261 e. The lowest BCUT2D eigenvalue weighted by Crippen LogP contribution is -2.23. The molecule has 0 saturated carbocycles. The molecular formula is C19H11ClFN3O3S. The Labute approximate surface area is 166 Å². The minimum Gasteiger partial charge on any atom is -0.342 e. The zero-order valence-electron chi connectivity index (χ0n) is 14.1. The highest BCUT2D eigenvalue weighted by atomic mass is 35.5. The maximum absolute atomic E-state index is 13.9. The van der Waals surface area contributed by atoms with Crippen LogP contribution in [0.1, 0.15) is 15.6 Å². The number of nitrogens with zero attached hydrogens (tertiary/aromatic N) is 2. The summed E-state index contributed by atoms with van der Waals surface area (Å²) in [6.07, 6.45) is 0. The molecule has 0 radical (unpaired) electrons. The topological polar surface area (TPSA) is 85.1 Å². The predicted octanol–water partition coefficient (Wildman–Crippen LogP) is 4.03. The number of nitrogens with one attached hydrogen (secondary N) is 1. The third kappa shape index (κ3) is 3.51. The van der Waals surface area contributed by atoms with Gasteiger partial charge >= 0.3 is 0 Å². The summed E-state index contributed by atoms with van der Waals surface area (Å²) in [5.41, 5.74) is 0.0261. The van der Waals surface area contributed by atoms with Crippen LogP contribution in [-0.2, 0) is 6.54 Å². The second-order valence-electron chi connectivity index (χ2n) is 5.78. The molecule has 2 aromatic heterocycles. The quantitative estimate of drug-likeness (QED) is 0.543. The Bertz CT molecular complexity index is 1230. The van der Waals surface area contributed by atoms with Crippen LogP contribution in [0.4, 0.5) is 4.39 Å². The fourth-order valence-electron chi connectivity index (χ4n) is 2.63. The van der Waals surface area contributed by atoms with E-state index in [1.54, 1.807) is 30.3 Å². The SMILES string of the molecule is O=C(NCc1nc(-c2c(F)cccc2Cl)no1)c1cc2ccccc2c(=O)s1. The van der Waals surface area contributed by atoms with Gasteiger partial charge in [0.05, 0.1) is 22.0 Å². The van der Waals surface area contributed by atoms with Gasteiger partial charge in [-0.25, -0.2) is 4.39 Å². The molecule has 0 fully saturated rings. The molecular weight excluding hydrogens is 405 g/mol. The highest BCUT2D eigenvalue weighted by Gasteiger charge is 2.17. The molecule has 0 saturated heterocycles. The van der Waals surface area contributed by atoms with Crippen molar-refractivity contribution in [3.63, 3.8) is 0 Å². The van der Waals surface area contributed by atoms with E-state index in [9.17, 15) is 14.0 Å². The van der Waals surface area contributed by atoms with Crippen LogP contribution in [-0.4, -0.2) is 16.0 Å². The first-order valence-electron chi connectivity index (χ1n) is 8.11. The van der Waals surface area contributed by atoms with E-state index in [4.69, 9.17) is 16.1 Å². The molecule has 140 valence electrons. The summed E-state index contributed by atoms with van der Waals surface area (Å²) in [6, 6.07) is 12.9. The molecule has 0 aliphatic carbocycles. The van der Waals surface area contributed by atoms with Crippen molar-refractivity contribution in [2.75, 3.05) is 0 Å². The third-order valence-electron chi connectivity index (χ3n) is 3.95. The van der Waals surface area contributed by atoms with Crippen molar-refractivity contribution in [2.45, 2.75) is 6.54 Å². The molecule has 0 atom stereocenters. The Kier molecular flexibility index (Phi) is 4.89. The molecule has 1 N–H and O–H groups in total. The lowest BCUT2D eigenvalue weighted by atomic mass is 10.2. The third-order valence-corrected chi connectivity index (χ3v) is 5.19. The van der Waals surface area contributed by atoms with Gasteiger partial charge in [0.15, 0.2) is 0 Å². The number of fused-ring (bicyclic) bond motifs is 1. The number of hydrogen-bond acceptors (Lipinski definition) is 6. The van der Waals surface area contributed by atoms with E-state index in [1.807, 2.05) is 0 Å². The number of carbonyl (C=O) groups is 1. The second-order valence-corrected chi connectivity index (χ2v) is 7.20. The van der Waals surface area contributed by atoms with Gasteiger partial charge in [-0.1, -0.05) is 52.4 Å². The van der Waals surface area contributed by atoms with Gasteiger partial charge in [-0.2, -0.15) is 4.98 Å². The number of aromatic nitrogens is 2. The number of amides is 1. The number of hydrogen-bond donors (Lipinski definition) is 1. The number of benzene rings is 2. The first kappa shape index (κ1) is 18.3. The molecule has 4 aromatic rings. The first-order valence-corrected chi connectivity index (χ1v) is 9.30. The van der Waals surface area contributed by atoms with Crippen LogP contribution in [0.15, 0.2) is 57.8 Å². The lowest BCUT2D eigenvalue weighted by Gasteiger charge is -2.03. The summed E-state index contributed by atoms with van der Waals surface area (Å²) in [6.45, 7) is -0.0777. The largest absolute Gasteiger partial charge is 0.342 e. The van der Waals surface area contributed by atoms with Gasteiger partial charge in [-0.05, 0) is 29.7 Å². The zero-order chi connectivity index (χ0) is 19.7. The summed E-state index contributed by atoms with van der Waals surface area (Å²) in [5.74, 6) is -0.958. The summed E-state index contributed by atoms with van der Waals surface area (Å²) >= 11 is 6.84. The van der Waals surface area contributed by atoms with E-state index in [-0.39, 0.29) is 38.5 Å². The van der Waals surface area contributed by atoms with E-state index in [0.29, 0.717) is 10.8 Å². The van der Waals surface area contributed by atoms with Crippen molar-refractivity contribution in [1.29, 1.82) is 0 Å². The average Bonchev–Trinajstić information content (AvgIpc) is 3.14. The van der Waals surface area contributed by atoms with Crippen molar-refractivity contribution < 1.29 is 13.7 Å². The standard InChI is InChI=1S/C19H11ClFN3O3S/c20-12-6-3-7-13(21)16(12)17-23-15(27-24-17)9-22-18(25)14-8-10-4-1-2-5-11(10)19(26)28-14/h1-8H,9H2,(H,22,25). The van der Waals surface area contributed by atoms with Crippen LogP contribution in [0.3, 0.4) is 0 Å². The van der Waals surface area contributed by atoms with Crippen molar-refractivity contribution >= 4 is 39.6 Å². The summed E-state index contributed by atoms with van der Waals surface area (Å²) in [7, 11) is 0.